The maximum atomic E-state index is 12.7. The smallest absolute Gasteiger partial charge is 0.255 e. The van der Waals surface area contributed by atoms with E-state index in [9.17, 15) is 13.2 Å². The molecule has 7 nitrogen and oxygen atoms in total. The summed E-state index contributed by atoms with van der Waals surface area (Å²) in [7, 11) is -3.55. The molecule has 0 unspecified atom stereocenters. The molecule has 1 aliphatic heterocycles. The minimum absolute atomic E-state index is 0.199. The SMILES string of the molecule is CC(C)CCOc1ccc(C(=O)Nc2ccc(S(=O)(=O)N3CCOCC3)cc2)cc1. The largest absolute Gasteiger partial charge is 0.494 e. The van der Waals surface area contributed by atoms with Crippen molar-refractivity contribution >= 4 is 21.6 Å². The zero-order chi connectivity index (χ0) is 21.6. The standard InChI is InChI=1S/C22H28N2O5S/c1-17(2)11-14-29-20-7-3-18(4-8-20)22(25)23-19-5-9-21(10-6-19)30(26,27)24-12-15-28-16-13-24/h3-10,17H,11-16H2,1-2H3,(H,23,25). The highest BCUT2D eigenvalue weighted by Gasteiger charge is 2.26. The van der Waals surface area contributed by atoms with Crippen molar-refractivity contribution in [2.75, 3.05) is 38.2 Å². The topological polar surface area (TPSA) is 84.9 Å². The molecule has 0 spiro atoms. The van der Waals surface area contributed by atoms with Crippen molar-refractivity contribution in [1.29, 1.82) is 0 Å². The number of morpholine rings is 1. The van der Waals surface area contributed by atoms with Crippen molar-refractivity contribution in [3.05, 3.63) is 54.1 Å². The summed E-state index contributed by atoms with van der Waals surface area (Å²) in [5.74, 6) is 1.03. The number of hydrogen-bond acceptors (Lipinski definition) is 5. The van der Waals surface area contributed by atoms with Gasteiger partial charge in [0.1, 0.15) is 5.75 Å². The summed E-state index contributed by atoms with van der Waals surface area (Å²) in [5, 5.41) is 2.79. The summed E-state index contributed by atoms with van der Waals surface area (Å²) < 4.78 is 37.6. The number of nitrogens with one attached hydrogen (secondary N) is 1. The Hall–Kier alpha value is -2.42. The van der Waals surface area contributed by atoms with Crippen molar-refractivity contribution < 1.29 is 22.7 Å². The second-order valence-corrected chi connectivity index (χ2v) is 9.49. The minimum atomic E-state index is -3.55. The molecule has 0 bridgehead atoms. The molecule has 1 saturated heterocycles. The van der Waals surface area contributed by atoms with Crippen molar-refractivity contribution in [3.63, 3.8) is 0 Å². The predicted octanol–water partition coefficient (Wildman–Crippen LogP) is 3.38. The van der Waals surface area contributed by atoms with E-state index in [0.717, 1.165) is 12.2 Å². The van der Waals surface area contributed by atoms with Gasteiger partial charge in [-0.15, -0.1) is 0 Å². The summed E-state index contributed by atoms with van der Waals surface area (Å²) in [6, 6.07) is 13.1. The van der Waals surface area contributed by atoms with Crippen LogP contribution in [0.1, 0.15) is 30.6 Å². The van der Waals surface area contributed by atoms with Gasteiger partial charge in [-0.1, -0.05) is 13.8 Å². The molecule has 1 fully saturated rings. The van der Waals surface area contributed by atoms with E-state index in [4.69, 9.17) is 9.47 Å². The number of benzene rings is 2. The van der Waals surface area contributed by atoms with Crippen LogP contribution in [0.3, 0.4) is 0 Å². The number of carbonyl (C=O) groups is 1. The lowest BCUT2D eigenvalue weighted by Gasteiger charge is -2.26. The number of anilines is 1. The summed E-state index contributed by atoms with van der Waals surface area (Å²) in [5.41, 5.74) is 1.02. The number of nitrogens with zero attached hydrogens (tertiary/aromatic N) is 1. The van der Waals surface area contributed by atoms with Crippen LogP contribution in [0.15, 0.2) is 53.4 Å². The van der Waals surface area contributed by atoms with E-state index in [1.54, 1.807) is 36.4 Å². The van der Waals surface area contributed by atoms with Crippen LogP contribution in [0.25, 0.3) is 0 Å². The summed E-state index contributed by atoms with van der Waals surface area (Å²) in [6.07, 6.45) is 0.972. The zero-order valence-electron chi connectivity index (χ0n) is 17.3. The summed E-state index contributed by atoms with van der Waals surface area (Å²) in [6.45, 7) is 6.41. The molecule has 1 aliphatic rings. The van der Waals surface area contributed by atoms with E-state index in [1.807, 2.05) is 0 Å². The molecule has 8 heteroatoms. The van der Waals surface area contributed by atoms with Crippen LogP contribution in [0.5, 0.6) is 5.75 Å². The Morgan fingerprint density at radius 1 is 1.07 bits per heavy atom. The van der Waals surface area contributed by atoms with Gasteiger partial charge in [0.25, 0.3) is 5.91 Å². The van der Waals surface area contributed by atoms with Gasteiger partial charge in [0.15, 0.2) is 0 Å². The Balaban J connectivity index is 1.59. The third-order valence-electron chi connectivity index (χ3n) is 4.80. The van der Waals surface area contributed by atoms with Gasteiger partial charge in [0, 0.05) is 24.3 Å². The normalized spacial score (nSPS) is 15.2. The molecule has 1 heterocycles. The zero-order valence-corrected chi connectivity index (χ0v) is 18.2. The maximum absolute atomic E-state index is 12.7. The monoisotopic (exact) mass is 432 g/mol. The van der Waals surface area contributed by atoms with E-state index in [2.05, 4.69) is 19.2 Å². The van der Waals surface area contributed by atoms with Crippen molar-refractivity contribution in [2.45, 2.75) is 25.2 Å². The highest BCUT2D eigenvalue weighted by Crippen LogP contribution is 2.20. The van der Waals surface area contributed by atoms with Gasteiger partial charge in [-0.2, -0.15) is 4.31 Å². The first kappa shape index (κ1) is 22.3. The second kappa shape index (κ2) is 10.1. The fourth-order valence-corrected chi connectivity index (χ4v) is 4.37. The Labute approximate surface area is 178 Å². The average Bonchev–Trinajstić information content (AvgIpc) is 2.75. The fraction of sp³-hybridized carbons (Fsp3) is 0.409. The van der Waals surface area contributed by atoms with E-state index < -0.39 is 10.0 Å². The van der Waals surface area contributed by atoms with Crippen molar-refractivity contribution in [1.82, 2.24) is 4.31 Å². The quantitative estimate of drug-likeness (QED) is 0.691. The van der Waals surface area contributed by atoms with Crippen molar-refractivity contribution in [2.24, 2.45) is 5.92 Å². The molecule has 2 aromatic rings. The van der Waals surface area contributed by atoms with Gasteiger partial charge < -0.3 is 14.8 Å². The molecule has 1 amide bonds. The Bertz CT molecular complexity index is 934. The first-order valence-corrected chi connectivity index (χ1v) is 11.5. The third-order valence-corrected chi connectivity index (χ3v) is 6.71. The van der Waals surface area contributed by atoms with Gasteiger partial charge in [-0.3, -0.25) is 4.79 Å². The minimum Gasteiger partial charge on any atom is -0.494 e. The number of carbonyl (C=O) groups excluding carboxylic acids is 1. The molecule has 0 saturated carbocycles. The van der Waals surface area contributed by atoms with Gasteiger partial charge in [0.2, 0.25) is 10.0 Å². The second-order valence-electron chi connectivity index (χ2n) is 7.55. The van der Waals surface area contributed by atoms with E-state index >= 15 is 0 Å². The van der Waals surface area contributed by atoms with Crippen LogP contribution in [0, 0.1) is 5.92 Å². The number of rotatable bonds is 8. The Morgan fingerprint density at radius 2 is 1.70 bits per heavy atom. The molecule has 1 N–H and O–H groups in total. The molecule has 0 radical (unpaired) electrons. The molecule has 0 atom stereocenters. The molecular weight excluding hydrogens is 404 g/mol. The molecular formula is C22H28N2O5S. The predicted molar refractivity (Wildman–Crippen MR) is 115 cm³/mol. The molecule has 0 aliphatic carbocycles. The molecule has 30 heavy (non-hydrogen) atoms. The highest BCUT2D eigenvalue weighted by molar-refractivity contribution is 7.89. The molecule has 0 aromatic heterocycles. The van der Waals surface area contributed by atoms with E-state index in [0.29, 0.717) is 50.1 Å². The number of amides is 1. The molecule has 2 aromatic carbocycles. The van der Waals surface area contributed by atoms with E-state index in [1.165, 1.54) is 16.4 Å². The lowest BCUT2D eigenvalue weighted by atomic mass is 10.1. The lowest BCUT2D eigenvalue weighted by molar-refractivity contribution is 0.0730. The van der Waals surface area contributed by atoms with Gasteiger partial charge in [-0.05, 0) is 60.9 Å². The van der Waals surface area contributed by atoms with Crippen LogP contribution in [0.4, 0.5) is 5.69 Å². The van der Waals surface area contributed by atoms with Gasteiger partial charge >= 0.3 is 0 Å². The van der Waals surface area contributed by atoms with Crippen LogP contribution in [-0.4, -0.2) is 51.5 Å². The maximum Gasteiger partial charge on any atom is 0.255 e. The molecule has 162 valence electrons. The van der Waals surface area contributed by atoms with Gasteiger partial charge in [-0.25, -0.2) is 8.42 Å². The first-order valence-electron chi connectivity index (χ1n) is 10.1. The highest BCUT2D eigenvalue weighted by atomic mass is 32.2. The van der Waals surface area contributed by atoms with E-state index in [-0.39, 0.29) is 10.8 Å². The molecule has 3 rings (SSSR count). The number of ether oxygens (including phenoxy) is 2. The van der Waals surface area contributed by atoms with Crippen LogP contribution in [0.2, 0.25) is 0 Å². The summed E-state index contributed by atoms with van der Waals surface area (Å²) in [4.78, 5) is 12.7. The lowest BCUT2D eigenvalue weighted by Crippen LogP contribution is -2.40. The number of sulfonamides is 1. The van der Waals surface area contributed by atoms with Crippen molar-refractivity contribution in [3.8, 4) is 5.75 Å². The Morgan fingerprint density at radius 3 is 2.30 bits per heavy atom. The van der Waals surface area contributed by atoms with Gasteiger partial charge in [0.05, 0.1) is 24.7 Å². The fourth-order valence-electron chi connectivity index (χ4n) is 2.96. The third kappa shape index (κ3) is 5.81. The average molecular weight is 433 g/mol. The van der Waals surface area contributed by atoms with Crippen LogP contribution >= 0.6 is 0 Å². The Kier molecular flexibility index (Phi) is 7.47. The van der Waals surface area contributed by atoms with Crippen LogP contribution in [-0.2, 0) is 14.8 Å². The number of hydrogen-bond donors (Lipinski definition) is 1. The first-order chi connectivity index (χ1) is 14.4. The summed E-state index contributed by atoms with van der Waals surface area (Å²) >= 11 is 0. The van der Waals surface area contributed by atoms with Crippen LogP contribution < -0.4 is 10.1 Å².